The van der Waals surface area contributed by atoms with E-state index in [9.17, 15) is 4.79 Å². The highest BCUT2D eigenvalue weighted by Gasteiger charge is 2.36. The Bertz CT molecular complexity index is 978. The zero-order valence-corrected chi connectivity index (χ0v) is 23.3. The fraction of sp³-hybridized carbons (Fsp3) is 0.552. The van der Waals surface area contributed by atoms with Crippen molar-refractivity contribution in [1.29, 1.82) is 0 Å². The number of nitrogens with zero attached hydrogens (tertiary/aromatic N) is 1. The minimum Gasteiger partial charge on any atom is -0.493 e. The van der Waals surface area contributed by atoms with Crippen molar-refractivity contribution < 1.29 is 23.7 Å². The fourth-order valence-corrected chi connectivity index (χ4v) is 4.72. The van der Waals surface area contributed by atoms with Gasteiger partial charge in [0.15, 0.2) is 23.0 Å². The first kappa shape index (κ1) is 29.3. The summed E-state index contributed by atoms with van der Waals surface area (Å²) in [6.45, 7) is 8.48. The van der Waals surface area contributed by atoms with Gasteiger partial charge in [0.05, 0.1) is 28.4 Å². The number of ether oxygens (including phenoxy) is 4. The average molecular weight is 501 g/mol. The summed E-state index contributed by atoms with van der Waals surface area (Å²) in [5, 5.41) is 3.09. The maximum atomic E-state index is 11.9. The molecule has 0 bridgehead atoms. The number of rotatable bonds is 15. The van der Waals surface area contributed by atoms with Gasteiger partial charge >= 0.3 is 0 Å². The number of nitrogens with one attached hydrogen (secondary N) is 1. The third-order valence-corrected chi connectivity index (χ3v) is 7.11. The zero-order chi connectivity index (χ0) is 26.7. The lowest BCUT2D eigenvalue weighted by atomic mass is 9.68. The summed E-state index contributed by atoms with van der Waals surface area (Å²) >= 11 is 0. The molecule has 1 atom stereocenters. The molecule has 1 unspecified atom stereocenters. The van der Waals surface area contributed by atoms with E-state index in [0.717, 1.165) is 49.4 Å². The minimum atomic E-state index is -0.227. The van der Waals surface area contributed by atoms with Crippen LogP contribution in [-0.4, -0.2) is 65.9 Å². The summed E-state index contributed by atoms with van der Waals surface area (Å²) in [6, 6.07) is 12.2. The van der Waals surface area contributed by atoms with Gasteiger partial charge in [-0.25, -0.2) is 0 Å². The quantitative estimate of drug-likeness (QED) is 0.382. The Labute approximate surface area is 217 Å². The van der Waals surface area contributed by atoms with Crippen LogP contribution >= 0.6 is 0 Å². The summed E-state index contributed by atoms with van der Waals surface area (Å²) in [5.74, 6) is 3.19. The predicted molar refractivity (Wildman–Crippen MR) is 145 cm³/mol. The molecule has 0 heterocycles. The van der Waals surface area contributed by atoms with Crippen molar-refractivity contribution in [2.24, 2.45) is 5.92 Å². The number of amides is 1. The Kier molecular flexibility index (Phi) is 11.4. The van der Waals surface area contributed by atoms with Crippen LogP contribution in [0.5, 0.6) is 23.0 Å². The van der Waals surface area contributed by atoms with Gasteiger partial charge in [0.25, 0.3) is 0 Å². The van der Waals surface area contributed by atoms with E-state index in [1.54, 1.807) is 35.4 Å². The molecule has 2 rings (SSSR count). The summed E-state index contributed by atoms with van der Waals surface area (Å²) in [4.78, 5) is 14.2. The second kappa shape index (κ2) is 14.0. The number of hydrogen-bond acceptors (Lipinski definition) is 6. The van der Waals surface area contributed by atoms with Gasteiger partial charge in [-0.15, -0.1) is 0 Å². The zero-order valence-electron chi connectivity index (χ0n) is 23.3. The highest BCUT2D eigenvalue weighted by atomic mass is 16.5. The van der Waals surface area contributed by atoms with Crippen LogP contribution in [0.1, 0.15) is 44.7 Å². The second-order valence-corrected chi connectivity index (χ2v) is 9.64. The molecule has 2 aromatic carbocycles. The van der Waals surface area contributed by atoms with Crippen LogP contribution in [0, 0.1) is 5.92 Å². The Morgan fingerprint density at radius 1 is 0.889 bits per heavy atom. The molecule has 0 saturated heterocycles. The van der Waals surface area contributed by atoms with E-state index in [0.29, 0.717) is 24.0 Å². The van der Waals surface area contributed by atoms with Crippen LogP contribution in [-0.2, 0) is 16.6 Å². The van der Waals surface area contributed by atoms with Gasteiger partial charge in [-0.2, -0.15) is 0 Å². The molecule has 2 aromatic rings. The molecule has 1 amide bonds. The van der Waals surface area contributed by atoms with Crippen molar-refractivity contribution in [3.05, 3.63) is 47.5 Å². The average Bonchev–Trinajstić information content (AvgIpc) is 2.88. The molecule has 0 aliphatic carbocycles. The lowest BCUT2D eigenvalue weighted by Crippen LogP contribution is -2.44. The summed E-state index contributed by atoms with van der Waals surface area (Å²) in [5.41, 5.74) is 2.14. The highest BCUT2D eigenvalue weighted by molar-refractivity contribution is 5.73. The SMILES string of the molecule is COc1ccc(CCN(C)CCCC(CNC(C)=O)(c2ccc(OC)c(OC)c2)C(C)C)cc1OC. The second-order valence-electron chi connectivity index (χ2n) is 9.64. The number of methoxy groups -OCH3 is 4. The van der Waals surface area contributed by atoms with Crippen molar-refractivity contribution in [2.75, 3.05) is 55.1 Å². The van der Waals surface area contributed by atoms with Gasteiger partial charge in [0.2, 0.25) is 5.91 Å². The molecule has 0 saturated carbocycles. The molecule has 0 aliphatic heterocycles. The van der Waals surface area contributed by atoms with E-state index < -0.39 is 0 Å². The van der Waals surface area contributed by atoms with E-state index in [2.05, 4.69) is 49.3 Å². The maximum absolute atomic E-state index is 11.9. The smallest absolute Gasteiger partial charge is 0.216 e. The Morgan fingerprint density at radius 2 is 1.47 bits per heavy atom. The molecular weight excluding hydrogens is 456 g/mol. The van der Waals surface area contributed by atoms with Gasteiger partial charge in [0, 0.05) is 25.4 Å². The molecule has 1 N–H and O–H groups in total. The van der Waals surface area contributed by atoms with E-state index in [4.69, 9.17) is 18.9 Å². The van der Waals surface area contributed by atoms with Crippen molar-refractivity contribution >= 4 is 5.91 Å². The van der Waals surface area contributed by atoms with E-state index in [1.165, 1.54) is 5.56 Å². The number of benzene rings is 2. The molecule has 0 radical (unpaired) electrons. The predicted octanol–water partition coefficient (Wildman–Crippen LogP) is 4.71. The first-order valence-corrected chi connectivity index (χ1v) is 12.6. The third kappa shape index (κ3) is 7.53. The monoisotopic (exact) mass is 500 g/mol. The van der Waals surface area contributed by atoms with Crippen molar-refractivity contribution in [3.8, 4) is 23.0 Å². The van der Waals surface area contributed by atoms with Crippen LogP contribution in [0.25, 0.3) is 0 Å². The van der Waals surface area contributed by atoms with Crippen LogP contribution < -0.4 is 24.3 Å². The Morgan fingerprint density at radius 3 is 2.03 bits per heavy atom. The fourth-order valence-electron chi connectivity index (χ4n) is 4.72. The molecule has 200 valence electrons. The molecule has 7 heteroatoms. The standard InChI is InChI=1S/C29H44N2O5/c1-21(2)29(20-30-22(3)32,24-11-13-26(34-6)28(19-24)36-8)15-9-16-31(4)17-14-23-10-12-25(33-5)27(18-23)35-7/h10-13,18-19,21H,9,14-17,20H2,1-8H3,(H,30,32). The molecule has 7 nitrogen and oxygen atoms in total. The van der Waals surface area contributed by atoms with Crippen LogP contribution in [0.4, 0.5) is 0 Å². The number of likely N-dealkylation sites (N-methyl/N-ethyl adjacent to an activating group) is 1. The maximum Gasteiger partial charge on any atom is 0.216 e. The van der Waals surface area contributed by atoms with Gasteiger partial charge in [-0.1, -0.05) is 26.0 Å². The van der Waals surface area contributed by atoms with Crippen LogP contribution in [0.2, 0.25) is 0 Å². The molecule has 0 aliphatic rings. The van der Waals surface area contributed by atoms with Crippen LogP contribution in [0.3, 0.4) is 0 Å². The highest BCUT2D eigenvalue weighted by Crippen LogP contribution is 2.40. The van der Waals surface area contributed by atoms with Gasteiger partial charge in [0.1, 0.15) is 0 Å². The molecule has 0 aromatic heterocycles. The van der Waals surface area contributed by atoms with Gasteiger partial charge in [-0.05, 0) is 74.2 Å². The normalized spacial score (nSPS) is 12.8. The van der Waals surface area contributed by atoms with Crippen LogP contribution in [0.15, 0.2) is 36.4 Å². The third-order valence-electron chi connectivity index (χ3n) is 7.11. The molecule has 36 heavy (non-hydrogen) atoms. The minimum absolute atomic E-state index is 0.0208. The molecule has 0 spiro atoms. The van der Waals surface area contributed by atoms with Gasteiger partial charge in [-0.3, -0.25) is 4.79 Å². The Hall–Kier alpha value is -2.93. The Balaban J connectivity index is 2.12. The first-order valence-electron chi connectivity index (χ1n) is 12.6. The van der Waals surface area contributed by atoms with Crippen molar-refractivity contribution in [2.45, 2.75) is 45.4 Å². The van der Waals surface area contributed by atoms with Crippen molar-refractivity contribution in [3.63, 3.8) is 0 Å². The van der Waals surface area contributed by atoms with Gasteiger partial charge < -0.3 is 29.2 Å². The summed E-state index contributed by atoms with van der Waals surface area (Å²) in [7, 11) is 8.76. The number of carbonyl (C=O) groups is 1. The lowest BCUT2D eigenvalue weighted by molar-refractivity contribution is -0.119. The van der Waals surface area contributed by atoms with Crippen molar-refractivity contribution in [1.82, 2.24) is 10.2 Å². The van der Waals surface area contributed by atoms with E-state index in [1.807, 2.05) is 18.2 Å². The molecule has 0 fully saturated rings. The first-order chi connectivity index (χ1) is 17.2. The van der Waals surface area contributed by atoms with E-state index in [-0.39, 0.29) is 11.3 Å². The summed E-state index contributed by atoms with van der Waals surface area (Å²) in [6.07, 6.45) is 2.85. The summed E-state index contributed by atoms with van der Waals surface area (Å²) < 4.78 is 21.8. The van der Waals surface area contributed by atoms with E-state index >= 15 is 0 Å². The largest absolute Gasteiger partial charge is 0.493 e. The topological polar surface area (TPSA) is 69.3 Å². The lowest BCUT2D eigenvalue weighted by Gasteiger charge is -2.39. The number of hydrogen-bond donors (Lipinski definition) is 1. The molecular formula is C29H44N2O5. The number of carbonyl (C=O) groups excluding carboxylic acids is 1.